The minimum atomic E-state index is -0.855. The Labute approximate surface area is 350 Å². The second-order valence-corrected chi connectivity index (χ2v) is 21.6. The third-order valence-electron chi connectivity index (χ3n) is 11.4. The molecule has 1 rings (SSSR count). The first-order valence-electron chi connectivity index (χ1n) is 21.0. The minimum absolute atomic E-state index is 0.0132. The number of unbranched alkanes of at least 4 members (excludes halogenated alkanes) is 1. The molecule has 0 spiro atoms. The van der Waals surface area contributed by atoms with Gasteiger partial charge in [-0.05, 0) is 96.3 Å². The van der Waals surface area contributed by atoms with Crippen molar-refractivity contribution in [1.82, 2.24) is 15.5 Å². The van der Waals surface area contributed by atoms with Gasteiger partial charge in [0.15, 0.2) is 0 Å². The molecule has 1 fully saturated rings. The smallest absolute Gasteiger partial charge is 0.407 e. The molecule has 2 atom stereocenters. The minimum Gasteiger partial charge on any atom is -0.465 e. The highest BCUT2D eigenvalue weighted by Crippen LogP contribution is 2.46. The molecule has 13 heteroatoms. The van der Waals surface area contributed by atoms with Crippen molar-refractivity contribution in [3.63, 3.8) is 0 Å². The van der Waals surface area contributed by atoms with Gasteiger partial charge in [-0.15, -0.1) is 0 Å². The molecule has 0 radical (unpaired) electrons. The Hall–Kier alpha value is -3.19. The molecule has 336 valence electrons. The van der Waals surface area contributed by atoms with Crippen LogP contribution in [0.1, 0.15) is 155 Å². The monoisotopic (exact) mass is 824 g/mol. The van der Waals surface area contributed by atoms with Gasteiger partial charge < -0.3 is 34.7 Å². The Morgan fingerprint density at radius 1 is 0.810 bits per heavy atom. The predicted molar refractivity (Wildman–Crippen MR) is 227 cm³/mol. The highest BCUT2D eigenvalue weighted by atomic mass is 16.6. The van der Waals surface area contributed by atoms with Crippen molar-refractivity contribution in [2.24, 2.45) is 27.1 Å². The van der Waals surface area contributed by atoms with E-state index in [0.717, 1.165) is 12.8 Å². The highest BCUT2D eigenvalue weighted by Gasteiger charge is 2.43. The van der Waals surface area contributed by atoms with E-state index in [0.29, 0.717) is 44.3 Å². The number of hydrogen-bond acceptors (Lipinski definition) is 11. The van der Waals surface area contributed by atoms with E-state index in [9.17, 15) is 29.1 Å². The van der Waals surface area contributed by atoms with Crippen molar-refractivity contribution < 1.29 is 48.0 Å². The van der Waals surface area contributed by atoms with Crippen LogP contribution in [-0.2, 0) is 38.1 Å². The van der Waals surface area contributed by atoms with E-state index in [2.05, 4.69) is 38.0 Å². The first-order chi connectivity index (χ1) is 26.2. The van der Waals surface area contributed by atoms with Crippen LogP contribution >= 0.6 is 0 Å². The van der Waals surface area contributed by atoms with Crippen molar-refractivity contribution in [3.8, 4) is 0 Å². The molecular weight excluding hydrogens is 743 g/mol. The summed E-state index contributed by atoms with van der Waals surface area (Å²) in [6, 6.07) is -0.0908. The summed E-state index contributed by atoms with van der Waals surface area (Å²) in [5, 5.41) is 15.9. The maximum atomic E-state index is 13.4. The Balaban J connectivity index is 2.61. The van der Waals surface area contributed by atoms with Gasteiger partial charge in [0, 0.05) is 60.5 Å². The average molecular weight is 824 g/mol. The first-order valence-corrected chi connectivity index (χ1v) is 21.0. The van der Waals surface area contributed by atoms with Crippen LogP contribution in [-0.4, -0.2) is 103 Å². The molecule has 0 aliphatic heterocycles. The van der Waals surface area contributed by atoms with Crippen LogP contribution in [0.15, 0.2) is 12.2 Å². The molecule has 58 heavy (non-hydrogen) atoms. The highest BCUT2D eigenvalue weighted by molar-refractivity contribution is 5.86. The third-order valence-corrected chi connectivity index (χ3v) is 11.4. The molecular formula is C45H81N3O10. The van der Waals surface area contributed by atoms with E-state index >= 15 is 0 Å². The molecule has 0 bridgehead atoms. The van der Waals surface area contributed by atoms with Gasteiger partial charge in [-0.3, -0.25) is 19.3 Å². The van der Waals surface area contributed by atoms with Gasteiger partial charge in [0.25, 0.3) is 0 Å². The molecule has 0 heterocycles. The number of carbonyl (C=O) groups excluding carboxylic acids is 5. The second-order valence-electron chi connectivity index (χ2n) is 21.6. The lowest BCUT2D eigenvalue weighted by Crippen LogP contribution is -2.54. The van der Waals surface area contributed by atoms with E-state index in [1.54, 1.807) is 6.92 Å². The normalized spacial score (nSPS) is 18.9. The van der Waals surface area contributed by atoms with E-state index in [1.165, 1.54) is 0 Å². The summed E-state index contributed by atoms with van der Waals surface area (Å²) in [5.41, 5.74) is -2.51. The fourth-order valence-electron chi connectivity index (χ4n) is 7.78. The van der Waals surface area contributed by atoms with Crippen molar-refractivity contribution in [2.75, 3.05) is 46.1 Å². The molecule has 1 saturated carbocycles. The van der Waals surface area contributed by atoms with Gasteiger partial charge in [-0.2, -0.15) is 0 Å². The number of hydrogen-bond donors (Lipinski definition) is 3. The predicted octanol–water partition coefficient (Wildman–Crippen LogP) is 7.52. The molecule has 1 aliphatic carbocycles. The van der Waals surface area contributed by atoms with Gasteiger partial charge >= 0.3 is 24.0 Å². The quantitative estimate of drug-likeness (QED) is 0.0403. The number of nitrogens with zero attached hydrogens (tertiary/aromatic N) is 1. The Morgan fingerprint density at radius 2 is 1.36 bits per heavy atom. The summed E-state index contributed by atoms with van der Waals surface area (Å²) < 4.78 is 22.2. The molecule has 3 N–H and O–H groups in total. The number of aliphatic hydroxyl groups excluding tert-OH is 1. The molecule has 13 nitrogen and oxygen atoms in total. The maximum absolute atomic E-state index is 13.4. The largest absolute Gasteiger partial charge is 0.465 e. The second kappa shape index (κ2) is 21.4. The molecule has 2 unspecified atom stereocenters. The van der Waals surface area contributed by atoms with E-state index in [4.69, 9.17) is 18.9 Å². The lowest BCUT2D eigenvalue weighted by Gasteiger charge is -2.47. The lowest BCUT2D eigenvalue weighted by molar-refractivity contribution is -0.151. The fourth-order valence-corrected chi connectivity index (χ4v) is 7.78. The van der Waals surface area contributed by atoms with E-state index < -0.39 is 33.9 Å². The standard InChI is InChI=1S/C45H81N3O10/c1-32(2)37(53)55-22-21-48(39(3,4)5)25-34(50)47-33-23-40(6,7)27-45(16,24-33)28-46-38(54)58-44(14,15)26-41(8,9)30-56-35(51)19-17-18-20-36(52)57-31-43(12,13)42(10,11)29-49/h33,49H,1,17-31H2,2-16H3,(H,46,54)(H,47,50). The van der Waals surface area contributed by atoms with Crippen LogP contribution in [0.2, 0.25) is 0 Å². The van der Waals surface area contributed by atoms with E-state index in [1.807, 2.05) is 81.1 Å². The summed E-state index contributed by atoms with van der Waals surface area (Å²) in [6.07, 6.45) is 3.61. The number of amides is 2. The molecule has 0 aromatic carbocycles. The fraction of sp³-hybridized carbons (Fsp3) is 0.844. The van der Waals surface area contributed by atoms with Crippen LogP contribution in [0.3, 0.4) is 0 Å². The van der Waals surface area contributed by atoms with Crippen molar-refractivity contribution in [1.29, 1.82) is 0 Å². The van der Waals surface area contributed by atoms with Crippen LogP contribution in [0, 0.1) is 27.1 Å². The van der Waals surface area contributed by atoms with Gasteiger partial charge in [-0.25, -0.2) is 9.59 Å². The first kappa shape index (κ1) is 52.8. The van der Waals surface area contributed by atoms with Gasteiger partial charge in [0.2, 0.25) is 5.91 Å². The van der Waals surface area contributed by atoms with Gasteiger partial charge in [-0.1, -0.05) is 68.9 Å². The number of esters is 3. The van der Waals surface area contributed by atoms with Crippen molar-refractivity contribution in [2.45, 2.75) is 172 Å². The molecule has 0 aromatic heterocycles. The Bertz CT molecular complexity index is 1410. The van der Waals surface area contributed by atoms with Crippen LogP contribution < -0.4 is 10.6 Å². The number of nitrogens with one attached hydrogen (secondary N) is 2. The van der Waals surface area contributed by atoms with Crippen molar-refractivity contribution >= 4 is 29.9 Å². The van der Waals surface area contributed by atoms with Gasteiger partial charge in [0.05, 0.1) is 19.8 Å². The summed E-state index contributed by atoms with van der Waals surface area (Å²) in [5.74, 6) is -1.24. The lowest BCUT2D eigenvalue weighted by atomic mass is 9.62. The summed E-state index contributed by atoms with van der Waals surface area (Å²) in [7, 11) is 0. The van der Waals surface area contributed by atoms with Crippen LogP contribution in [0.25, 0.3) is 0 Å². The van der Waals surface area contributed by atoms with E-state index in [-0.39, 0.29) is 86.1 Å². The number of aliphatic hydroxyl groups is 1. The zero-order valence-corrected chi connectivity index (χ0v) is 39.0. The maximum Gasteiger partial charge on any atom is 0.407 e. The number of carbonyl (C=O) groups is 5. The Kier molecular flexibility index (Phi) is 19.5. The zero-order chi connectivity index (χ0) is 45.0. The summed E-state index contributed by atoms with van der Waals surface area (Å²) in [4.78, 5) is 65.2. The summed E-state index contributed by atoms with van der Waals surface area (Å²) in [6.45, 7) is 34.5. The molecule has 2 amide bonds. The SMILES string of the molecule is C=C(C)C(=O)OCCN(CC(=O)NC1CC(C)(C)CC(C)(CNC(=O)OC(C)(C)CC(C)(C)COC(=O)CCCCC(=O)OCC(C)(C)C(C)(C)CO)C1)C(C)(C)C. The third kappa shape index (κ3) is 19.7. The topological polar surface area (TPSA) is 170 Å². The van der Waals surface area contributed by atoms with Gasteiger partial charge in [0.1, 0.15) is 12.2 Å². The Morgan fingerprint density at radius 3 is 1.88 bits per heavy atom. The molecule has 0 aromatic rings. The number of ether oxygens (including phenoxy) is 4. The van der Waals surface area contributed by atoms with Crippen LogP contribution in [0.5, 0.6) is 0 Å². The zero-order valence-electron chi connectivity index (χ0n) is 39.0. The number of alkyl carbamates (subject to hydrolysis) is 1. The molecule has 1 aliphatic rings. The summed E-state index contributed by atoms with van der Waals surface area (Å²) >= 11 is 0. The number of rotatable bonds is 23. The van der Waals surface area contributed by atoms with Crippen LogP contribution in [0.4, 0.5) is 4.79 Å². The van der Waals surface area contributed by atoms with Crippen molar-refractivity contribution in [3.05, 3.63) is 12.2 Å². The molecule has 0 saturated heterocycles. The average Bonchev–Trinajstić information content (AvgIpc) is 3.04.